The van der Waals surface area contributed by atoms with E-state index in [0.29, 0.717) is 22.3 Å². The van der Waals surface area contributed by atoms with Crippen LogP contribution in [0.3, 0.4) is 0 Å². The summed E-state index contributed by atoms with van der Waals surface area (Å²) in [6.07, 6.45) is 0.838. The van der Waals surface area contributed by atoms with Gasteiger partial charge in [-0.15, -0.1) is 0 Å². The average Bonchev–Trinajstić information content (AvgIpc) is 2.49. The smallest absolute Gasteiger partial charge is 0.302 e. The minimum absolute atomic E-state index is 0.179. The number of nitrogens with one attached hydrogen (secondary N) is 1. The molecule has 0 fully saturated rings. The number of nitrogen functional groups attached to an aromatic ring is 1. The van der Waals surface area contributed by atoms with Gasteiger partial charge in [-0.25, -0.2) is 0 Å². The second-order valence-corrected chi connectivity index (χ2v) is 4.71. The Bertz CT molecular complexity index is 856. The Kier molecular flexibility index (Phi) is 3.31. The van der Waals surface area contributed by atoms with Gasteiger partial charge in [-0.05, 0) is 36.2 Å². The molecule has 0 saturated heterocycles. The summed E-state index contributed by atoms with van der Waals surface area (Å²) in [7, 11) is 0. The molecule has 3 N–H and O–H groups in total. The Morgan fingerprint density at radius 3 is 2.86 bits per heavy atom. The lowest BCUT2D eigenvalue weighted by Gasteiger charge is -2.09. The van der Waals surface area contributed by atoms with E-state index in [1.54, 1.807) is 18.2 Å². The predicted octanol–water partition coefficient (Wildman–Crippen LogP) is 2.86. The van der Waals surface area contributed by atoms with Crippen LogP contribution in [0.2, 0.25) is 0 Å². The van der Waals surface area contributed by atoms with E-state index in [9.17, 15) is 4.79 Å². The van der Waals surface area contributed by atoms with Crippen molar-refractivity contribution in [3.8, 4) is 11.8 Å². The summed E-state index contributed by atoms with van der Waals surface area (Å²) in [5.74, 6) is 0.693. The van der Waals surface area contributed by atoms with Crippen molar-refractivity contribution in [2.24, 2.45) is 0 Å². The van der Waals surface area contributed by atoms with Gasteiger partial charge in [0.2, 0.25) is 0 Å². The fourth-order valence-electron chi connectivity index (χ4n) is 2.18. The first-order valence-corrected chi connectivity index (χ1v) is 6.72. The highest BCUT2D eigenvalue weighted by molar-refractivity contribution is 5.81. The van der Waals surface area contributed by atoms with Crippen molar-refractivity contribution in [2.45, 2.75) is 13.3 Å². The predicted molar refractivity (Wildman–Crippen MR) is 82.7 cm³/mol. The number of aromatic nitrogens is 2. The van der Waals surface area contributed by atoms with Crippen LogP contribution >= 0.6 is 0 Å². The molecule has 0 bridgehead atoms. The quantitative estimate of drug-likeness (QED) is 0.723. The molecule has 1 heterocycles. The van der Waals surface area contributed by atoms with Crippen LogP contribution in [-0.4, -0.2) is 9.97 Å². The second kappa shape index (κ2) is 5.28. The maximum atomic E-state index is 12.1. The van der Waals surface area contributed by atoms with Gasteiger partial charge in [0.05, 0.1) is 10.9 Å². The number of fused-ring (bicyclic) bond motifs is 1. The Labute approximate surface area is 121 Å². The zero-order valence-corrected chi connectivity index (χ0v) is 11.6. The van der Waals surface area contributed by atoms with Crippen LogP contribution in [0.1, 0.15) is 12.5 Å². The van der Waals surface area contributed by atoms with Gasteiger partial charge in [-0.2, -0.15) is 4.98 Å². The number of aromatic amines is 1. The highest BCUT2D eigenvalue weighted by Gasteiger charge is 2.08. The summed E-state index contributed by atoms with van der Waals surface area (Å²) in [5, 5.41) is 0.450. The molecule has 3 aromatic rings. The number of ether oxygens (including phenoxy) is 1. The van der Waals surface area contributed by atoms with Crippen LogP contribution in [0.5, 0.6) is 11.8 Å². The average molecular weight is 281 g/mol. The van der Waals surface area contributed by atoms with Crippen LogP contribution < -0.4 is 16.0 Å². The number of H-pyrrole nitrogens is 1. The van der Waals surface area contributed by atoms with Crippen molar-refractivity contribution in [2.75, 3.05) is 5.73 Å². The maximum Gasteiger partial charge on any atom is 0.302 e. The number of nitrogens with two attached hydrogens (primary N) is 1. The molecule has 5 nitrogen and oxygen atoms in total. The molecule has 0 aliphatic carbocycles. The molecule has 0 spiro atoms. The third-order valence-corrected chi connectivity index (χ3v) is 3.27. The Morgan fingerprint density at radius 1 is 1.24 bits per heavy atom. The van der Waals surface area contributed by atoms with Gasteiger partial charge in [0.25, 0.3) is 5.56 Å². The van der Waals surface area contributed by atoms with E-state index in [0.717, 1.165) is 12.0 Å². The van der Waals surface area contributed by atoms with Crippen LogP contribution in [0.25, 0.3) is 10.9 Å². The summed E-state index contributed by atoms with van der Waals surface area (Å²) >= 11 is 0. The van der Waals surface area contributed by atoms with Crippen LogP contribution in [0, 0.1) is 0 Å². The molecule has 0 radical (unpaired) electrons. The number of rotatable bonds is 3. The SMILES string of the molecule is CCc1ccccc1Oc1nc2ccc(N)cc2c(=O)[nH]1. The van der Waals surface area contributed by atoms with Crippen molar-refractivity contribution < 1.29 is 4.74 Å². The standard InChI is InChI=1S/C16H15N3O2/c1-2-10-5-3-4-6-14(10)21-16-18-13-8-7-11(17)9-12(13)15(20)19-16/h3-9H,2,17H2,1H3,(H,18,19,20). The molecule has 1 aromatic heterocycles. The molecule has 2 aromatic carbocycles. The van der Waals surface area contributed by atoms with E-state index >= 15 is 0 Å². The van der Waals surface area contributed by atoms with E-state index in [1.165, 1.54) is 0 Å². The lowest BCUT2D eigenvalue weighted by molar-refractivity contribution is 0.438. The number of aryl methyl sites for hydroxylation is 1. The van der Waals surface area contributed by atoms with Gasteiger partial charge in [-0.1, -0.05) is 25.1 Å². The number of anilines is 1. The van der Waals surface area contributed by atoms with E-state index in [2.05, 4.69) is 9.97 Å². The number of hydrogen-bond acceptors (Lipinski definition) is 4. The molecule has 0 aliphatic rings. The lowest BCUT2D eigenvalue weighted by atomic mass is 10.1. The third kappa shape index (κ3) is 2.58. The maximum absolute atomic E-state index is 12.1. The van der Waals surface area contributed by atoms with E-state index in [4.69, 9.17) is 10.5 Å². The molecule has 3 rings (SSSR count). The van der Waals surface area contributed by atoms with Gasteiger partial charge in [0, 0.05) is 5.69 Å². The van der Waals surface area contributed by atoms with Crippen molar-refractivity contribution in [3.63, 3.8) is 0 Å². The van der Waals surface area contributed by atoms with Crippen molar-refractivity contribution in [3.05, 3.63) is 58.4 Å². The van der Waals surface area contributed by atoms with Crippen molar-refractivity contribution in [1.29, 1.82) is 0 Å². The molecular weight excluding hydrogens is 266 g/mol. The minimum atomic E-state index is -0.267. The zero-order chi connectivity index (χ0) is 14.8. The monoisotopic (exact) mass is 281 g/mol. The van der Waals surface area contributed by atoms with E-state index in [-0.39, 0.29) is 11.6 Å². The summed E-state index contributed by atoms with van der Waals surface area (Å²) < 4.78 is 5.72. The summed E-state index contributed by atoms with van der Waals surface area (Å²) in [6.45, 7) is 2.04. The highest BCUT2D eigenvalue weighted by atomic mass is 16.5. The fraction of sp³-hybridized carbons (Fsp3) is 0.125. The number of hydrogen-bond donors (Lipinski definition) is 2. The van der Waals surface area contributed by atoms with Crippen molar-refractivity contribution >= 4 is 16.6 Å². The van der Waals surface area contributed by atoms with Gasteiger partial charge < -0.3 is 10.5 Å². The number of para-hydroxylation sites is 1. The first-order chi connectivity index (χ1) is 10.2. The highest BCUT2D eigenvalue weighted by Crippen LogP contribution is 2.23. The normalized spacial score (nSPS) is 10.7. The Balaban J connectivity index is 2.05. The first kappa shape index (κ1) is 13.2. The van der Waals surface area contributed by atoms with Crippen molar-refractivity contribution in [1.82, 2.24) is 9.97 Å². The summed E-state index contributed by atoms with van der Waals surface area (Å²) in [4.78, 5) is 19.0. The molecule has 21 heavy (non-hydrogen) atoms. The summed E-state index contributed by atoms with van der Waals surface area (Å²) in [5.41, 5.74) is 7.55. The number of benzene rings is 2. The molecule has 5 heteroatoms. The molecule has 0 unspecified atom stereocenters. The minimum Gasteiger partial charge on any atom is -0.425 e. The van der Waals surface area contributed by atoms with Crippen LogP contribution in [0.15, 0.2) is 47.3 Å². The molecule has 0 saturated carbocycles. The molecule has 106 valence electrons. The fourth-order valence-corrected chi connectivity index (χ4v) is 2.18. The van der Waals surface area contributed by atoms with E-state index < -0.39 is 0 Å². The second-order valence-electron chi connectivity index (χ2n) is 4.71. The molecular formula is C16H15N3O2. The Hall–Kier alpha value is -2.82. The van der Waals surface area contributed by atoms with Crippen LogP contribution in [0.4, 0.5) is 5.69 Å². The Morgan fingerprint density at radius 2 is 2.05 bits per heavy atom. The van der Waals surface area contributed by atoms with Gasteiger partial charge in [0.1, 0.15) is 5.75 Å². The van der Waals surface area contributed by atoms with E-state index in [1.807, 2.05) is 31.2 Å². The van der Waals surface area contributed by atoms with Crippen LogP contribution in [-0.2, 0) is 6.42 Å². The van der Waals surface area contributed by atoms with Gasteiger partial charge in [-0.3, -0.25) is 9.78 Å². The first-order valence-electron chi connectivity index (χ1n) is 6.72. The molecule has 0 atom stereocenters. The summed E-state index contributed by atoms with van der Waals surface area (Å²) in [6, 6.07) is 12.9. The third-order valence-electron chi connectivity index (χ3n) is 3.27. The lowest BCUT2D eigenvalue weighted by Crippen LogP contribution is -2.10. The molecule has 0 aliphatic heterocycles. The topological polar surface area (TPSA) is 81.0 Å². The number of nitrogens with zero attached hydrogens (tertiary/aromatic N) is 1. The largest absolute Gasteiger partial charge is 0.425 e. The zero-order valence-electron chi connectivity index (χ0n) is 11.6. The van der Waals surface area contributed by atoms with Gasteiger partial charge >= 0.3 is 6.01 Å². The van der Waals surface area contributed by atoms with Gasteiger partial charge in [0.15, 0.2) is 0 Å². The molecule has 0 amide bonds.